The highest BCUT2D eigenvalue weighted by molar-refractivity contribution is 4.62. The summed E-state index contributed by atoms with van der Waals surface area (Å²) in [6, 6.07) is 0. The lowest BCUT2D eigenvalue weighted by Crippen LogP contribution is -2.39. The van der Waals surface area contributed by atoms with Crippen LogP contribution in [0.1, 0.15) is 13.8 Å². The molecule has 4 N–H and O–H groups in total. The summed E-state index contributed by atoms with van der Waals surface area (Å²) in [6.45, 7) is 14.1. The van der Waals surface area contributed by atoms with Crippen LogP contribution in [0.3, 0.4) is 0 Å². The topological polar surface area (TPSA) is 71.0 Å². The van der Waals surface area contributed by atoms with E-state index in [1.165, 1.54) is 0 Å². The molecule has 0 aromatic carbocycles. The molecule has 0 aliphatic rings. The Balaban J connectivity index is 3.49. The van der Waals surface area contributed by atoms with Gasteiger partial charge in [-0.1, -0.05) is 13.8 Å². The Kier molecular flexibility index (Phi) is 15.0. The summed E-state index contributed by atoms with van der Waals surface area (Å²) < 4.78 is 0. The second-order valence-electron chi connectivity index (χ2n) is 4.82. The molecule has 0 aliphatic heterocycles. The zero-order valence-corrected chi connectivity index (χ0v) is 13.3. The van der Waals surface area contributed by atoms with E-state index in [0.29, 0.717) is 6.54 Å². The molecule has 0 bridgehead atoms. The predicted molar refractivity (Wildman–Crippen MR) is 84.1 cm³/mol. The molecule has 0 unspecified atom stereocenters. The number of aliphatic hydroxyl groups is 2. The normalized spacial score (nSPS) is 11.7. The Hall–Kier alpha value is -0.240. The van der Waals surface area contributed by atoms with Gasteiger partial charge in [-0.2, -0.15) is 0 Å². The second-order valence-corrected chi connectivity index (χ2v) is 4.82. The van der Waals surface area contributed by atoms with E-state index in [1.807, 2.05) is 0 Å². The third-order valence-electron chi connectivity index (χ3n) is 3.41. The molecule has 0 fully saturated rings. The van der Waals surface area contributed by atoms with Gasteiger partial charge in [0.1, 0.15) is 0 Å². The maximum atomic E-state index is 8.91. The van der Waals surface area contributed by atoms with Crippen LogP contribution in [0.2, 0.25) is 0 Å². The first-order chi connectivity index (χ1) is 9.78. The average molecular weight is 290 g/mol. The molecule has 0 rings (SSSR count). The molecule has 0 saturated heterocycles. The Labute approximate surface area is 124 Å². The first-order valence-electron chi connectivity index (χ1n) is 7.86. The molecule has 0 heterocycles. The van der Waals surface area contributed by atoms with Gasteiger partial charge in [0.2, 0.25) is 0 Å². The van der Waals surface area contributed by atoms with Crippen LogP contribution in [0.15, 0.2) is 0 Å². The van der Waals surface area contributed by atoms with Crippen LogP contribution in [0.25, 0.3) is 0 Å². The molecule has 0 aromatic rings. The number of hydrogen-bond donors (Lipinski definition) is 4. The third kappa shape index (κ3) is 11.6. The summed E-state index contributed by atoms with van der Waals surface area (Å²) in [5.41, 5.74) is 0. The highest BCUT2D eigenvalue weighted by Crippen LogP contribution is 1.87. The van der Waals surface area contributed by atoms with Crippen LogP contribution >= 0.6 is 0 Å². The second kappa shape index (κ2) is 15.2. The maximum Gasteiger partial charge on any atom is 0.0558 e. The van der Waals surface area contributed by atoms with Crippen molar-refractivity contribution in [2.75, 3.05) is 78.7 Å². The first kappa shape index (κ1) is 19.8. The zero-order chi connectivity index (χ0) is 15.1. The molecule has 0 spiro atoms. The molecule has 6 heteroatoms. The van der Waals surface area contributed by atoms with Crippen LogP contribution in [0.4, 0.5) is 0 Å². The Morgan fingerprint density at radius 3 is 1.50 bits per heavy atom. The minimum Gasteiger partial charge on any atom is -0.395 e. The van der Waals surface area contributed by atoms with E-state index in [4.69, 9.17) is 10.2 Å². The van der Waals surface area contributed by atoms with Crippen molar-refractivity contribution in [2.24, 2.45) is 0 Å². The quantitative estimate of drug-likeness (QED) is 0.284. The van der Waals surface area contributed by atoms with Crippen molar-refractivity contribution in [3.05, 3.63) is 0 Å². The van der Waals surface area contributed by atoms with E-state index in [0.717, 1.165) is 58.9 Å². The smallest absolute Gasteiger partial charge is 0.0558 e. The van der Waals surface area contributed by atoms with Crippen molar-refractivity contribution in [3.63, 3.8) is 0 Å². The van der Waals surface area contributed by atoms with E-state index < -0.39 is 0 Å². The van der Waals surface area contributed by atoms with Gasteiger partial charge >= 0.3 is 0 Å². The predicted octanol–water partition coefficient (Wildman–Crippen LogP) is -1.21. The van der Waals surface area contributed by atoms with Crippen LogP contribution in [-0.2, 0) is 0 Å². The maximum absolute atomic E-state index is 8.91. The summed E-state index contributed by atoms with van der Waals surface area (Å²) in [5, 5.41) is 24.2. The van der Waals surface area contributed by atoms with Gasteiger partial charge in [-0.3, -0.25) is 0 Å². The number of hydrogen-bond acceptors (Lipinski definition) is 6. The molecule has 0 radical (unpaired) electrons. The molecule has 6 nitrogen and oxygen atoms in total. The first-order valence-corrected chi connectivity index (χ1v) is 7.86. The fraction of sp³-hybridized carbons (Fsp3) is 1.00. The number of rotatable bonds is 15. The highest BCUT2D eigenvalue weighted by atomic mass is 16.3. The van der Waals surface area contributed by atoms with E-state index >= 15 is 0 Å². The van der Waals surface area contributed by atoms with Gasteiger partial charge in [-0.05, 0) is 13.1 Å². The summed E-state index contributed by atoms with van der Waals surface area (Å²) in [6.07, 6.45) is 0. The summed E-state index contributed by atoms with van der Waals surface area (Å²) in [5.74, 6) is 0. The van der Waals surface area contributed by atoms with Crippen molar-refractivity contribution < 1.29 is 10.2 Å². The van der Waals surface area contributed by atoms with Gasteiger partial charge < -0.3 is 30.6 Å². The van der Waals surface area contributed by atoms with Gasteiger partial charge in [0, 0.05) is 52.4 Å². The lowest BCUT2D eigenvalue weighted by Gasteiger charge is -2.22. The monoisotopic (exact) mass is 290 g/mol. The van der Waals surface area contributed by atoms with Crippen molar-refractivity contribution in [2.45, 2.75) is 13.8 Å². The van der Waals surface area contributed by atoms with E-state index in [-0.39, 0.29) is 13.2 Å². The third-order valence-corrected chi connectivity index (χ3v) is 3.41. The summed E-state index contributed by atoms with van der Waals surface area (Å²) >= 11 is 0. The Bertz CT molecular complexity index is 196. The molecule has 0 aliphatic carbocycles. The van der Waals surface area contributed by atoms with E-state index in [9.17, 15) is 0 Å². The van der Waals surface area contributed by atoms with Crippen LogP contribution in [0.5, 0.6) is 0 Å². The largest absolute Gasteiger partial charge is 0.395 e. The fourth-order valence-electron chi connectivity index (χ4n) is 2.04. The molecule has 0 amide bonds. The molecule has 20 heavy (non-hydrogen) atoms. The molecule has 122 valence electrons. The number of nitrogens with zero attached hydrogens (tertiary/aromatic N) is 2. The molecule has 0 aromatic heterocycles. The van der Waals surface area contributed by atoms with Gasteiger partial charge in [-0.25, -0.2) is 0 Å². The van der Waals surface area contributed by atoms with E-state index in [2.05, 4.69) is 34.3 Å². The number of likely N-dealkylation sites (N-methyl/N-ethyl adjacent to an activating group) is 2. The molecule has 0 saturated carbocycles. The zero-order valence-electron chi connectivity index (χ0n) is 13.3. The van der Waals surface area contributed by atoms with Crippen molar-refractivity contribution >= 4 is 0 Å². The molecular weight excluding hydrogens is 256 g/mol. The van der Waals surface area contributed by atoms with Crippen molar-refractivity contribution in [1.82, 2.24) is 20.4 Å². The van der Waals surface area contributed by atoms with Gasteiger partial charge in [0.05, 0.1) is 13.2 Å². The fourth-order valence-corrected chi connectivity index (χ4v) is 2.04. The van der Waals surface area contributed by atoms with Gasteiger partial charge in [0.15, 0.2) is 0 Å². The minimum absolute atomic E-state index is 0.204. The molecular formula is C14H34N4O2. The summed E-state index contributed by atoms with van der Waals surface area (Å²) in [4.78, 5) is 4.63. The minimum atomic E-state index is 0.204. The summed E-state index contributed by atoms with van der Waals surface area (Å²) in [7, 11) is 0. The van der Waals surface area contributed by atoms with Crippen molar-refractivity contribution in [1.29, 1.82) is 0 Å². The lowest BCUT2D eigenvalue weighted by molar-refractivity contribution is 0.201. The Morgan fingerprint density at radius 2 is 1.10 bits per heavy atom. The lowest BCUT2D eigenvalue weighted by atomic mass is 10.4. The van der Waals surface area contributed by atoms with E-state index in [1.54, 1.807) is 0 Å². The molecule has 0 atom stereocenters. The number of nitrogens with one attached hydrogen (secondary N) is 2. The number of aliphatic hydroxyl groups excluding tert-OH is 2. The van der Waals surface area contributed by atoms with Gasteiger partial charge in [0.25, 0.3) is 0 Å². The Morgan fingerprint density at radius 1 is 0.650 bits per heavy atom. The SMILES string of the molecule is CCN(CCO)CCNCCN(CC)CCNCCO. The van der Waals surface area contributed by atoms with Crippen molar-refractivity contribution in [3.8, 4) is 0 Å². The van der Waals surface area contributed by atoms with Crippen LogP contribution < -0.4 is 10.6 Å². The standard InChI is InChI=1S/C14H34N4O2/c1-3-17(10-7-16-8-13-19)9-5-15-6-11-18(4-2)12-14-20/h15-16,19-20H,3-14H2,1-2H3. The average Bonchev–Trinajstić information content (AvgIpc) is 2.47. The van der Waals surface area contributed by atoms with Gasteiger partial charge in [-0.15, -0.1) is 0 Å². The van der Waals surface area contributed by atoms with Crippen LogP contribution in [0, 0.1) is 0 Å². The van der Waals surface area contributed by atoms with Crippen LogP contribution in [-0.4, -0.2) is 98.7 Å². The highest BCUT2D eigenvalue weighted by Gasteiger charge is 2.02.